The summed E-state index contributed by atoms with van der Waals surface area (Å²) in [6, 6.07) is 3.82. The summed E-state index contributed by atoms with van der Waals surface area (Å²) in [5.41, 5.74) is 1.16. The Morgan fingerprint density at radius 3 is 2.83 bits per heavy atom. The number of carbonyl (C=O) groups is 2. The lowest BCUT2D eigenvalue weighted by Gasteiger charge is -2.45. The minimum absolute atomic E-state index is 0.0705. The summed E-state index contributed by atoms with van der Waals surface area (Å²) < 4.78 is 12.6. The summed E-state index contributed by atoms with van der Waals surface area (Å²) >= 11 is 0. The average molecular weight is 402 g/mol. The van der Waals surface area contributed by atoms with Gasteiger partial charge in [0.1, 0.15) is 11.2 Å². The van der Waals surface area contributed by atoms with Crippen molar-refractivity contribution >= 4 is 22.9 Å². The van der Waals surface area contributed by atoms with Crippen molar-refractivity contribution < 1.29 is 18.7 Å². The second-order valence-corrected chi connectivity index (χ2v) is 8.79. The number of nitrogens with zero attached hydrogens (tertiary/aromatic N) is 2. The molecule has 29 heavy (non-hydrogen) atoms. The van der Waals surface area contributed by atoms with E-state index in [1.54, 1.807) is 24.3 Å². The van der Waals surface area contributed by atoms with Crippen LogP contribution in [0.4, 0.5) is 0 Å². The van der Waals surface area contributed by atoms with Crippen molar-refractivity contribution in [2.24, 2.45) is 5.92 Å². The summed E-state index contributed by atoms with van der Waals surface area (Å²) in [5, 5.41) is 3.25. The van der Waals surface area contributed by atoms with Crippen molar-refractivity contribution in [3.8, 4) is 0 Å². The monoisotopic (exact) mass is 401 g/mol. The molecule has 4 rings (SSSR count). The molecule has 1 fully saturated rings. The van der Waals surface area contributed by atoms with Crippen LogP contribution >= 0.6 is 0 Å². The van der Waals surface area contributed by atoms with Gasteiger partial charge in [0.25, 0.3) is 5.91 Å². The molecular formula is C22H31N3O4. The highest BCUT2D eigenvalue weighted by molar-refractivity contribution is 6.02. The maximum absolute atomic E-state index is 13.5. The second-order valence-electron chi connectivity index (χ2n) is 8.79. The van der Waals surface area contributed by atoms with E-state index in [9.17, 15) is 9.59 Å². The molecule has 2 aromatic heterocycles. The highest BCUT2D eigenvalue weighted by Gasteiger charge is 2.48. The van der Waals surface area contributed by atoms with Crippen LogP contribution in [0.5, 0.6) is 0 Å². The first kappa shape index (κ1) is 20.0. The van der Waals surface area contributed by atoms with Gasteiger partial charge in [0, 0.05) is 38.4 Å². The van der Waals surface area contributed by atoms with E-state index in [0.717, 1.165) is 37.1 Å². The summed E-state index contributed by atoms with van der Waals surface area (Å²) in [5.74, 6) is 0.518. The first-order chi connectivity index (χ1) is 13.9. The zero-order valence-electron chi connectivity index (χ0n) is 17.6. The van der Waals surface area contributed by atoms with Crippen molar-refractivity contribution in [1.29, 1.82) is 0 Å². The van der Waals surface area contributed by atoms with Gasteiger partial charge in [-0.1, -0.05) is 6.92 Å². The number of amides is 2. The van der Waals surface area contributed by atoms with Gasteiger partial charge in [-0.2, -0.15) is 0 Å². The Morgan fingerprint density at radius 2 is 2.10 bits per heavy atom. The summed E-state index contributed by atoms with van der Waals surface area (Å²) in [4.78, 5) is 28.6. The third-order valence-corrected chi connectivity index (χ3v) is 6.62. The number of hydrogen-bond donors (Lipinski definition) is 1. The van der Waals surface area contributed by atoms with Gasteiger partial charge in [-0.05, 0) is 44.9 Å². The van der Waals surface area contributed by atoms with E-state index in [2.05, 4.69) is 12.2 Å². The van der Waals surface area contributed by atoms with Gasteiger partial charge in [0.2, 0.25) is 5.91 Å². The molecule has 0 unspecified atom stereocenters. The molecular weight excluding hydrogens is 370 g/mol. The number of methoxy groups -OCH3 is 1. The Hall–Kier alpha value is -2.28. The number of aromatic nitrogens is 1. The highest BCUT2D eigenvalue weighted by atomic mass is 16.5. The lowest BCUT2D eigenvalue weighted by molar-refractivity contribution is -0.134. The number of ether oxygens (including phenoxy) is 1. The maximum Gasteiger partial charge on any atom is 0.271 e. The smallest absolute Gasteiger partial charge is 0.271 e. The fourth-order valence-electron chi connectivity index (χ4n) is 4.74. The Labute approximate surface area is 171 Å². The van der Waals surface area contributed by atoms with Crippen LogP contribution in [-0.2, 0) is 16.1 Å². The van der Waals surface area contributed by atoms with Gasteiger partial charge < -0.3 is 23.9 Å². The molecule has 1 saturated carbocycles. The molecule has 2 aliphatic rings. The first-order valence-corrected chi connectivity index (χ1v) is 10.6. The van der Waals surface area contributed by atoms with Crippen molar-refractivity contribution in [1.82, 2.24) is 14.8 Å². The Kier molecular flexibility index (Phi) is 5.42. The standard InChI is InChI=1S/C22H31N3O4/c1-15-5-7-16(8-6-15)23-21(27)22(2)14-24-17-9-12-29-19(17)13-18(24)20(26)25(22)10-4-11-28-3/h9,12-13,15-16H,4-8,10-11,14H2,1-3H3,(H,23,27)/t15?,16?,22-/m1/s1. The molecule has 0 saturated heterocycles. The van der Waals surface area contributed by atoms with Crippen molar-refractivity contribution in [3.05, 3.63) is 24.1 Å². The van der Waals surface area contributed by atoms with E-state index in [1.165, 1.54) is 0 Å². The molecule has 0 bridgehead atoms. The van der Waals surface area contributed by atoms with Gasteiger partial charge >= 0.3 is 0 Å². The molecule has 0 spiro atoms. The number of furan rings is 1. The molecule has 7 heteroatoms. The van der Waals surface area contributed by atoms with Crippen LogP contribution in [0.3, 0.4) is 0 Å². The summed E-state index contributed by atoms with van der Waals surface area (Å²) in [7, 11) is 1.65. The van der Waals surface area contributed by atoms with Crippen molar-refractivity contribution in [2.45, 2.75) is 64.1 Å². The maximum atomic E-state index is 13.5. The van der Waals surface area contributed by atoms with E-state index < -0.39 is 5.54 Å². The molecule has 0 aromatic carbocycles. The Bertz CT molecular complexity index is 893. The van der Waals surface area contributed by atoms with E-state index >= 15 is 0 Å². The number of fused-ring (bicyclic) bond motifs is 3. The molecule has 3 heterocycles. The normalized spacial score (nSPS) is 27.3. The minimum Gasteiger partial charge on any atom is -0.463 e. The molecule has 2 aromatic rings. The second kappa shape index (κ2) is 7.86. The predicted molar refractivity (Wildman–Crippen MR) is 110 cm³/mol. The third-order valence-electron chi connectivity index (χ3n) is 6.62. The average Bonchev–Trinajstić information content (AvgIpc) is 3.29. The fraction of sp³-hybridized carbons (Fsp3) is 0.636. The zero-order valence-corrected chi connectivity index (χ0v) is 17.6. The van der Waals surface area contributed by atoms with Crippen LogP contribution in [0.25, 0.3) is 11.1 Å². The Morgan fingerprint density at radius 1 is 1.34 bits per heavy atom. The van der Waals surface area contributed by atoms with Gasteiger partial charge in [0.15, 0.2) is 5.58 Å². The molecule has 7 nitrogen and oxygen atoms in total. The highest BCUT2D eigenvalue weighted by Crippen LogP contribution is 2.33. The molecule has 0 radical (unpaired) electrons. The van der Waals surface area contributed by atoms with E-state index in [4.69, 9.17) is 9.15 Å². The molecule has 158 valence electrons. The Balaban J connectivity index is 1.62. The molecule has 1 aliphatic heterocycles. The largest absolute Gasteiger partial charge is 0.463 e. The summed E-state index contributed by atoms with van der Waals surface area (Å²) in [6.07, 6.45) is 6.57. The lowest BCUT2D eigenvalue weighted by Crippen LogP contribution is -2.65. The quantitative estimate of drug-likeness (QED) is 0.754. The van der Waals surface area contributed by atoms with Gasteiger partial charge in [-0.15, -0.1) is 0 Å². The zero-order chi connectivity index (χ0) is 20.6. The third kappa shape index (κ3) is 3.56. The SMILES string of the molecule is COCCCN1C(=O)c2cc3occc3n2C[C@]1(C)C(=O)NC1CCC(C)CC1. The van der Waals surface area contributed by atoms with Crippen LogP contribution in [0, 0.1) is 5.92 Å². The first-order valence-electron chi connectivity index (χ1n) is 10.6. The van der Waals surface area contributed by atoms with E-state index in [-0.39, 0.29) is 17.9 Å². The lowest BCUT2D eigenvalue weighted by atomic mass is 9.86. The van der Waals surface area contributed by atoms with Gasteiger partial charge in [0.05, 0.1) is 18.3 Å². The van der Waals surface area contributed by atoms with Crippen LogP contribution in [0.2, 0.25) is 0 Å². The van der Waals surface area contributed by atoms with Crippen LogP contribution in [-0.4, -0.2) is 53.1 Å². The molecule has 1 aliphatic carbocycles. The summed E-state index contributed by atoms with van der Waals surface area (Å²) in [6.45, 7) is 5.59. The number of rotatable bonds is 6. The van der Waals surface area contributed by atoms with Crippen molar-refractivity contribution in [2.75, 3.05) is 20.3 Å². The molecule has 1 N–H and O–H groups in total. The number of nitrogens with one attached hydrogen (secondary N) is 1. The van der Waals surface area contributed by atoms with Gasteiger partial charge in [-0.25, -0.2) is 0 Å². The molecule has 1 atom stereocenters. The number of hydrogen-bond acceptors (Lipinski definition) is 4. The van der Waals surface area contributed by atoms with E-state index in [1.807, 2.05) is 17.6 Å². The van der Waals surface area contributed by atoms with Crippen LogP contribution in [0.15, 0.2) is 22.8 Å². The predicted octanol–water partition coefficient (Wildman–Crippen LogP) is 3.18. The topological polar surface area (TPSA) is 76.7 Å². The fourth-order valence-corrected chi connectivity index (χ4v) is 4.74. The van der Waals surface area contributed by atoms with Gasteiger partial charge in [-0.3, -0.25) is 9.59 Å². The minimum atomic E-state index is -0.954. The van der Waals surface area contributed by atoms with E-state index in [0.29, 0.717) is 37.4 Å². The van der Waals surface area contributed by atoms with Crippen LogP contribution < -0.4 is 5.32 Å². The van der Waals surface area contributed by atoms with Crippen LogP contribution in [0.1, 0.15) is 56.4 Å². The number of carbonyl (C=O) groups excluding carboxylic acids is 2. The molecule has 2 amide bonds. The van der Waals surface area contributed by atoms with Crippen molar-refractivity contribution in [3.63, 3.8) is 0 Å².